The lowest BCUT2D eigenvalue weighted by Gasteiger charge is -1.89. The second-order valence-corrected chi connectivity index (χ2v) is 5.64. The molecule has 3 rings (SSSR count). The summed E-state index contributed by atoms with van der Waals surface area (Å²) in [4.78, 5) is 5.34. The van der Waals surface area contributed by atoms with Crippen LogP contribution in [-0.4, -0.2) is 31.3 Å². The number of hydrogen-bond donors (Lipinski definition) is 1. The Balaban J connectivity index is 1.99. The first-order valence-electron chi connectivity index (χ1n) is 5.67. The summed E-state index contributed by atoms with van der Waals surface area (Å²) in [6.45, 7) is 2.66. The zero-order valence-corrected chi connectivity index (χ0v) is 11.5. The van der Waals surface area contributed by atoms with Crippen molar-refractivity contribution in [2.75, 3.05) is 6.54 Å². The molecule has 0 fully saturated rings. The fourth-order valence-corrected chi connectivity index (χ4v) is 3.32. The van der Waals surface area contributed by atoms with Gasteiger partial charge in [0.05, 0.1) is 5.01 Å². The van der Waals surface area contributed by atoms with Crippen molar-refractivity contribution >= 4 is 27.6 Å². The van der Waals surface area contributed by atoms with Gasteiger partial charge in [0.25, 0.3) is 0 Å². The first-order chi connectivity index (χ1) is 8.81. The Morgan fingerprint density at radius 2 is 2.28 bits per heavy atom. The SMILES string of the molecule is CCc1nnc2sc(-c3csc(CCN)n3)nn12. The van der Waals surface area contributed by atoms with E-state index in [-0.39, 0.29) is 0 Å². The van der Waals surface area contributed by atoms with Gasteiger partial charge in [-0.25, -0.2) is 4.98 Å². The molecule has 0 saturated heterocycles. The summed E-state index contributed by atoms with van der Waals surface area (Å²) in [5.41, 5.74) is 6.43. The van der Waals surface area contributed by atoms with Crippen LogP contribution in [0.2, 0.25) is 0 Å². The smallest absolute Gasteiger partial charge is 0.235 e. The summed E-state index contributed by atoms with van der Waals surface area (Å²) >= 11 is 3.13. The third-order valence-electron chi connectivity index (χ3n) is 2.50. The van der Waals surface area contributed by atoms with Crippen LogP contribution >= 0.6 is 22.7 Å². The van der Waals surface area contributed by atoms with E-state index in [1.807, 2.05) is 12.3 Å². The van der Waals surface area contributed by atoms with E-state index in [0.717, 1.165) is 39.3 Å². The average Bonchev–Trinajstić information content (AvgIpc) is 3.01. The van der Waals surface area contributed by atoms with Crippen molar-refractivity contribution in [3.05, 3.63) is 16.2 Å². The van der Waals surface area contributed by atoms with Crippen LogP contribution in [0.4, 0.5) is 0 Å². The largest absolute Gasteiger partial charge is 0.330 e. The van der Waals surface area contributed by atoms with Gasteiger partial charge in [0.1, 0.15) is 5.69 Å². The molecule has 94 valence electrons. The minimum absolute atomic E-state index is 0.623. The number of aryl methyl sites for hydroxylation is 1. The van der Waals surface area contributed by atoms with Gasteiger partial charge >= 0.3 is 0 Å². The maximum Gasteiger partial charge on any atom is 0.235 e. The average molecular weight is 280 g/mol. The maximum atomic E-state index is 5.52. The molecule has 3 heterocycles. The molecule has 6 nitrogen and oxygen atoms in total. The lowest BCUT2D eigenvalue weighted by atomic mass is 10.4. The Bertz CT molecular complexity index is 667. The molecule has 0 bridgehead atoms. The van der Waals surface area contributed by atoms with Crippen LogP contribution < -0.4 is 5.73 Å². The molecule has 0 saturated carbocycles. The van der Waals surface area contributed by atoms with E-state index in [2.05, 4.69) is 20.3 Å². The molecular weight excluding hydrogens is 268 g/mol. The predicted octanol–water partition coefficient (Wildman–Crippen LogP) is 1.37. The molecule has 0 aliphatic carbocycles. The van der Waals surface area contributed by atoms with Gasteiger partial charge in [0.15, 0.2) is 10.8 Å². The quantitative estimate of drug-likeness (QED) is 0.780. The van der Waals surface area contributed by atoms with Crippen molar-refractivity contribution in [3.8, 4) is 10.7 Å². The first-order valence-corrected chi connectivity index (χ1v) is 7.37. The highest BCUT2D eigenvalue weighted by atomic mass is 32.1. The normalized spacial score (nSPS) is 11.4. The zero-order valence-electron chi connectivity index (χ0n) is 9.83. The van der Waals surface area contributed by atoms with Crippen LogP contribution in [0, 0.1) is 0 Å². The van der Waals surface area contributed by atoms with Gasteiger partial charge in [-0.3, -0.25) is 0 Å². The molecule has 0 aliphatic heterocycles. The van der Waals surface area contributed by atoms with Crippen LogP contribution in [0.5, 0.6) is 0 Å². The predicted molar refractivity (Wildman–Crippen MR) is 71.9 cm³/mol. The Kier molecular flexibility index (Phi) is 3.06. The maximum absolute atomic E-state index is 5.52. The number of rotatable bonds is 4. The monoisotopic (exact) mass is 280 g/mol. The van der Waals surface area contributed by atoms with Crippen LogP contribution in [0.1, 0.15) is 17.8 Å². The van der Waals surface area contributed by atoms with E-state index in [9.17, 15) is 0 Å². The fraction of sp³-hybridized carbons (Fsp3) is 0.400. The molecule has 18 heavy (non-hydrogen) atoms. The summed E-state index contributed by atoms with van der Waals surface area (Å²) in [6, 6.07) is 0. The molecule has 0 aromatic carbocycles. The standard InChI is InChI=1S/C10H12N6S2/c1-2-7-13-14-10-16(7)15-9(18-10)6-5-17-8(12-6)3-4-11/h5H,2-4,11H2,1H3. The number of thiazole rings is 1. The van der Waals surface area contributed by atoms with E-state index in [4.69, 9.17) is 5.73 Å². The molecule has 2 N–H and O–H groups in total. The molecule has 3 aromatic rings. The molecule has 0 unspecified atom stereocenters. The van der Waals surface area contributed by atoms with Gasteiger partial charge in [-0.05, 0) is 6.54 Å². The van der Waals surface area contributed by atoms with Crippen molar-refractivity contribution in [1.29, 1.82) is 0 Å². The van der Waals surface area contributed by atoms with Crippen molar-refractivity contribution in [2.24, 2.45) is 5.73 Å². The van der Waals surface area contributed by atoms with Gasteiger partial charge in [0.2, 0.25) is 4.96 Å². The summed E-state index contributed by atoms with van der Waals surface area (Å²) < 4.78 is 1.79. The van der Waals surface area contributed by atoms with Crippen LogP contribution in [-0.2, 0) is 12.8 Å². The molecule has 8 heteroatoms. The first kappa shape index (κ1) is 11.7. The summed E-state index contributed by atoms with van der Waals surface area (Å²) in [7, 11) is 0. The number of fused-ring (bicyclic) bond motifs is 1. The van der Waals surface area contributed by atoms with Gasteiger partial charge in [-0.15, -0.1) is 21.5 Å². The van der Waals surface area contributed by atoms with Gasteiger partial charge in [-0.1, -0.05) is 18.3 Å². The molecule has 0 atom stereocenters. The number of hydrogen-bond acceptors (Lipinski definition) is 7. The van der Waals surface area contributed by atoms with E-state index in [1.165, 1.54) is 11.3 Å². The Morgan fingerprint density at radius 1 is 1.39 bits per heavy atom. The highest BCUT2D eigenvalue weighted by Crippen LogP contribution is 2.26. The van der Waals surface area contributed by atoms with E-state index in [1.54, 1.807) is 15.9 Å². The second-order valence-electron chi connectivity index (χ2n) is 3.74. The molecule has 0 amide bonds. The molecule has 0 spiro atoms. The van der Waals surface area contributed by atoms with Crippen molar-refractivity contribution < 1.29 is 0 Å². The van der Waals surface area contributed by atoms with E-state index >= 15 is 0 Å². The molecule has 0 aliphatic rings. The van der Waals surface area contributed by atoms with Gasteiger partial charge in [0, 0.05) is 18.2 Å². The topological polar surface area (TPSA) is 82.0 Å². The van der Waals surface area contributed by atoms with Crippen molar-refractivity contribution in [2.45, 2.75) is 19.8 Å². The highest BCUT2D eigenvalue weighted by molar-refractivity contribution is 7.20. The number of nitrogens with two attached hydrogens (primary N) is 1. The van der Waals surface area contributed by atoms with Gasteiger partial charge < -0.3 is 5.73 Å². The van der Waals surface area contributed by atoms with Crippen molar-refractivity contribution in [1.82, 2.24) is 24.8 Å². The van der Waals surface area contributed by atoms with Crippen LogP contribution in [0.15, 0.2) is 5.38 Å². The summed E-state index contributed by atoms with van der Waals surface area (Å²) in [5, 5.41) is 16.6. The summed E-state index contributed by atoms with van der Waals surface area (Å²) in [6.07, 6.45) is 1.63. The Morgan fingerprint density at radius 3 is 3.06 bits per heavy atom. The van der Waals surface area contributed by atoms with Crippen molar-refractivity contribution in [3.63, 3.8) is 0 Å². The number of nitrogens with zero attached hydrogens (tertiary/aromatic N) is 5. The zero-order chi connectivity index (χ0) is 12.5. The second kappa shape index (κ2) is 4.71. The van der Waals surface area contributed by atoms with Crippen LogP contribution in [0.3, 0.4) is 0 Å². The third-order valence-corrected chi connectivity index (χ3v) is 4.33. The Labute approximate surface area is 112 Å². The lowest BCUT2D eigenvalue weighted by molar-refractivity contribution is 0.836. The molecule has 3 aromatic heterocycles. The lowest BCUT2D eigenvalue weighted by Crippen LogP contribution is -2.02. The highest BCUT2D eigenvalue weighted by Gasteiger charge is 2.13. The Hall–Kier alpha value is -1.38. The number of aromatic nitrogens is 5. The molecule has 0 radical (unpaired) electrons. The molecular formula is C10H12N6S2. The van der Waals surface area contributed by atoms with E-state index in [0.29, 0.717) is 6.54 Å². The minimum Gasteiger partial charge on any atom is -0.330 e. The van der Waals surface area contributed by atoms with Crippen LogP contribution in [0.25, 0.3) is 15.7 Å². The third kappa shape index (κ3) is 1.92. The van der Waals surface area contributed by atoms with Gasteiger partial charge in [-0.2, -0.15) is 9.61 Å². The van der Waals surface area contributed by atoms with E-state index < -0.39 is 0 Å². The minimum atomic E-state index is 0.623. The summed E-state index contributed by atoms with van der Waals surface area (Å²) in [5.74, 6) is 0.880. The fourth-order valence-electron chi connectivity index (χ4n) is 1.63.